The highest BCUT2D eigenvalue weighted by Gasteiger charge is 1.95. The molecular formula is C22H29NO2. The van der Waals surface area contributed by atoms with Crippen molar-refractivity contribution in [3.8, 4) is 47.4 Å². The third kappa shape index (κ3) is 19.6. The van der Waals surface area contributed by atoms with Gasteiger partial charge in [-0.05, 0) is 12.8 Å². The molecule has 25 heavy (non-hydrogen) atoms. The molecule has 0 bridgehead atoms. The van der Waals surface area contributed by atoms with Crippen molar-refractivity contribution in [2.24, 2.45) is 0 Å². The highest BCUT2D eigenvalue weighted by Crippen LogP contribution is 2.03. The molecule has 0 aliphatic rings. The second-order valence-corrected chi connectivity index (χ2v) is 5.50. The van der Waals surface area contributed by atoms with Gasteiger partial charge in [-0.2, -0.15) is 0 Å². The van der Waals surface area contributed by atoms with E-state index in [1.165, 1.54) is 32.1 Å². The van der Waals surface area contributed by atoms with E-state index in [1.807, 2.05) is 0 Å². The summed E-state index contributed by atoms with van der Waals surface area (Å²) in [6.07, 6.45) is 10.6. The number of unbranched alkanes of at least 4 members (excludes halogenated alkanes) is 6. The van der Waals surface area contributed by atoms with Gasteiger partial charge in [0.25, 0.3) is 0 Å². The zero-order valence-electron chi connectivity index (χ0n) is 15.3. The Morgan fingerprint density at radius 3 is 1.72 bits per heavy atom. The lowest BCUT2D eigenvalue weighted by Crippen LogP contribution is -2.17. The summed E-state index contributed by atoms with van der Waals surface area (Å²) in [4.78, 5) is 10.7. The number of amides is 1. The summed E-state index contributed by atoms with van der Waals surface area (Å²) in [5.74, 6) is 23.7. The lowest BCUT2D eigenvalue weighted by atomic mass is 10.1. The van der Waals surface area contributed by atoms with Gasteiger partial charge in [0.1, 0.15) is 0 Å². The molecule has 0 saturated heterocycles. The van der Waals surface area contributed by atoms with E-state index < -0.39 is 0 Å². The minimum absolute atomic E-state index is 0.286. The van der Waals surface area contributed by atoms with Crippen LogP contribution in [-0.4, -0.2) is 11.1 Å². The van der Waals surface area contributed by atoms with Crippen LogP contribution in [0.4, 0.5) is 0 Å². The average Bonchev–Trinajstić information content (AvgIpc) is 2.63. The van der Waals surface area contributed by atoms with Crippen molar-refractivity contribution in [3.05, 3.63) is 0 Å². The van der Waals surface area contributed by atoms with Gasteiger partial charge < -0.3 is 0 Å². The monoisotopic (exact) mass is 339 g/mol. The molecule has 0 aromatic heterocycles. The molecule has 134 valence electrons. The van der Waals surface area contributed by atoms with Crippen molar-refractivity contribution in [1.82, 2.24) is 5.48 Å². The molecule has 0 aromatic rings. The zero-order valence-corrected chi connectivity index (χ0v) is 15.3. The Kier molecular flexibility index (Phi) is 17.9. The molecule has 0 heterocycles. The standard InChI is InChI=1S/C22H29NO2/c1-2-3-4-5-6-7-8-9-10-11-12-13-14-15-16-17-18-19-20-21-22(24)23-25/h25H,2-7,10,13,16,19-21H2,1H3,(H,23,24). The fraction of sp³-hybridized carbons (Fsp3) is 0.591. The maximum absolute atomic E-state index is 10.7. The fourth-order valence-electron chi connectivity index (χ4n) is 1.89. The number of hydroxylamine groups is 1. The average molecular weight is 339 g/mol. The molecule has 3 nitrogen and oxygen atoms in total. The molecule has 2 N–H and O–H groups in total. The molecule has 1 amide bonds. The van der Waals surface area contributed by atoms with Gasteiger partial charge in [0.2, 0.25) is 5.91 Å². The largest absolute Gasteiger partial charge is 0.289 e. The minimum atomic E-state index is -0.378. The van der Waals surface area contributed by atoms with E-state index in [9.17, 15) is 4.79 Å². The first kappa shape index (κ1) is 22.7. The number of carbonyl (C=O) groups excluding carboxylic acids is 1. The lowest BCUT2D eigenvalue weighted by Gasteiger charge is -1.94. The third-order valence-corrected chi connectivity index (χ3v) is 3.27. The highest BCUT2D eigenvalue weighted by atomic mass is 16.5. The van der Waals surface area contributed by atoms with Gasteiger partial charge in [-0.15, -0.1) is 11.8 Å². The zero-order chi connectivity index (χ0) is 18.4. The number of hydrogen-bond donors (Lipinski definition) is 2. The minimum Gasteiger partial charge on any atom is -0.289 e. The Hall–Kier alpha value is -2.33. The van der Waals surface area contributed by atoms with Crippen molar-refractivity contribution >= 4 is 5.91 Å². The van der Waals surface area contributed by atoms with Crippen LogP contribution in [0.2, 0.25) is 0 Å². The summed E-state index contributed by atoms with van der Waals surface area (Å²) >= 11 is 0. The van der Waals surface area contributed by atoms with E-state index in [0.717, 1.165) is 6.42 Å². The summed E-state index contributed by atoms with van der Waals surface area (Å²) in [6.45, 7) is 2.22. The Balaban J connectivity index is 3.57. The molecule has 0 atom stereocenters. The Morgan fingerprint density at radius 1 is 0.720 bits per heavy atom. The van der Waals surface area contributed by atoms with E-state index in [2.05, 4.69) is 54.3 Å². The first-order valence-electron chi connectivity index (χ1n) is 9.07. The molecule has 0 aliphatic heterocycles. The SMILES string of the molecule is CCCCCCCC#CCC#CCC#CCC#CCCCC(=O)NO. The quantitative estimate of drug-likeness (QED) is 0.301. The molecule has 0 aromatic carbocycles. The second-order valence-electron chi connectivity index (χ2n) is 5.50. The van der Waals surface area contributed by atoms with Gasteiger partial charge in [-0.3, -0.25) is 10.0 Å². The van der Waals surface area contributed by atoms with Crippen LogP contribution in [0.1, 0.15) is 84.0 Å². The second kappa shape index (κ2) is 19.7. The Bertz CT molecular complexity index is 591. The molecule has 0 aliphatic carbocycles. The number of nitrogens with one attached hydrogen (secondary N) is 1. The van der Waals surface area contributed by atoms with Crippen LogP contribution >= 0.6 is 0 Å². The van der Waals surface area contributed by atoms with E-state index in [1.54, 1.807) is 5.48 Å². The van der Waals surface area contributed by atoms with Crippen LogP contribution in [-0.2, 0) is 4.79 Å². The summed E-state index contributed by atoms with van der Waals surface area (Å²) in [5.41, 5.74) is 1.59. The number of carbonyl (C=O) groups is 1. The first-order chi connectivity index (χ1) is 12.3. The fourth-order valence-corrected chi connectivity index (χ4v) is 1.89. The Labute approximate surface area is 153 Å². The summed E-state index contributed by atoms with van der Waals surface area (Å²) in [7, 11) is 0. The van der Waals surface area contributed by atoms with Crippen LogP contribution in [0.3, 0.4) is 0 Å². The van der Waals surface area contributed by atoms with Crippen molar-refractivity contribution in [2.75, 3.05) is 0 Å². The topological polar surface area (TPSA) is 49.3 Å². The highest BCUT2D eigenvalue weighted by molar-refractivity contribution is 5.74. The molecule has 0 rings (SSSR count). The number of hydrogen-bond acceptors (Lipinski definition) is 2. The maximum atomic E-state index is 10.7. The van der Waals surface area contributed by atoms with Gasteiger partial charge in [0.05, 0.1) is 19.3 Å². The van der Waals surface area contributed by atoms with E-state index >= 15 is 0 Å². The molecule has 0 unspecified atom stereocenters. The lowest BCUT2D eigenvalue weighted by molar-refractivity contribution is -0.129. The van der Waals surface area contributed by atoms with Gasteiger partial charge in [-0.1, -0.05) is 68.1 Å². The first-order valence-corrected chi connectivity index (χ1v) is 9.07. The van der Waals surface area contributed by atoms with Crippen molar-refractivity contribution < 1.29 is 10.0 Å². The smallest absolute Gasteiger partial charge is 0.243 e. The number of rotatable bonds is 8. The van der Waals surface area contributed by atoms with E-state index in [-0.39, 0.29) is 12.3 Å². The van der Waals surface area contributed by atoms with Gasteiger partial charge in [0, 0.05) is 19.3 Å². The van der Waals surface area contributed by atoms with Crippen LogP contribution in [0.25, 0.3) is 0 Å². The predicted molar refractivity (Wildman–Crippen MR) is 102 cm³/mol. The molecule has 0 fully saturated rings. The van der Waals surface area contributed by atoms with Crippen LogP contribution in [0.5, 0.6) is 0 Å². The third-order valence-electron chi connectivity index (χ3n) is 3.27. The van der Waals surface area contributed by atoms with Gasteiger partial charge in [0.15, 0.2) is 0 Å². The summed E-state index contributed by atoms with van der Waals surface area (Å²) < 4.78 is 0. The molecule has 3 heteroatoms. The predicted octanol–water partition coefficient (Wildman–Crippen LogP) is 4.21. The molecular weight excluding hydrogens is 310 g/mol. The van der Waals surface area contributed by atoms with Gasteiger partial charge in [-0.25, -0.2) is 5.48 Å². The van der Waals surface area contributed by atoms with Gasteiger partial charge >= 0.3 is 0 Å². The van der Waals surface area contributed by atoms with E-state index in [4.69, 9.17) is 5.21 Å². The molecule has 0 radical (unpaired) electrons. The van der Waals surface area contributed by atoms with Crippen molar-refractivity contribution in [3.63, 3.8) is 0 Å². The van der Waals surface area contributed by atoms with Crippen LogP contribution in [0.15, 0.2) is 0 Å². The molecule has 0 saturated carbocycles. The van der Waals surface area contributed by atoms with Crippen molar-refractivity contribution in [2.45, 2.75) is 84.0 Å². The summed E-state index contributed by atoms with van der Waals surface area (Å²) in [6, 6.07) is 0. The summed E-state index contributed by atoms with van der Waals surface area (Å²) in [5, 5.41) is 8.31. The van der Waals surface area contributed by atoms with Crippen LogP contribution < -0.4 is 5.48 Å². The molecule has 0 spiro atoms. The van der Waals surface area contributed by atoms with Crippen LogP contribution in [0, 0.1) is 47.4 Å². The van der Waals surface area contributed by atoms with Crippen molar-refractivity contribution in [1.29, 1.82) is 0 Å². The van der Waals surface area contributed by atoms with E-state index in [0.29, 0.717) is 32.1 Å². The maximum Gasteiger partial charge on any atom is 0.243 e. The normalized spacial score (nSPS) is 8.40. The Morgan fingerprint density at radius 2 is 1.20 bits per heavy atom.